The van der Waals surface area contributed by atoms with Crippen molar-refractivity contribution in [3.8, 4) is 23.6 Å². The Kier molecular flexibility index (Phi) is 5.74. The van der Waals surface area contributed by atoms with Gasteiger partial charge in [-0.2, -0.15) is 4.98 Å². The van der Waals surface area contributed by atoms with Gasteiger partial charge in [-0.15, -0.1) is 0 Å². The number of aliphatic hydroxyl groups is 1. The number of aryl methyl sites for hydroxylation is 1. The van der Waals surface area contributed by atoms with Crippen LogP contribution in [0.3, 0.4) is 0 Å². The first kappa shape index (κ1) is 22.0. The van der Waals surface area contributed by atoms with E-state index in [9.17, 15) is 15.0 Å². The molecule has 0 bridgehead atoms. The zero-order chi connectivity index (χ0) is 23.8. The molecule has 170 valence electrons. The van der Waals surface area contributed by atoms with Gasteiger partial charge in [0.2, 0.25) is 0 Å². The van der Waals surface area contributed by atoms with Crippen molar-refractivity contribution in [1.82, 2.24) is 9.97 Å². The topological polar surface area (TPSA) is 95.4 Å². The second kappa shape index (κ2) is 8.86. The van der Waals surface area contributed by atoms with Gasteiger partial charge in [-0.1, -0.05) is 41.6 Å². The summed E-state index contributed by atoms with van der Waals surface area (Å²) in [5.74, 6) is 5.92. The Labute approximate surface area is 201 Å². The first-order chi connectivity index (χ1) is 16.4. The van der Waals surface area contributed by atoms with E-state index in [1.165, 1.54) is 6.07 Å². The molecule has 1 heterocycles. The highest BCUT2D eigenvalue weighted by Gasteiger charge is 2.30. The lowest BCUT2D eigenvalue weighted by Crippen LogP contribution is -2.00. The van der Waals surface area contributed by atoms with Gasteiger partial charge < -0.3 is 19.9 Å². The molecular weight excluding hydrogens is 452 g/mol. The number of fused-ring (bicyclic) bond motifs is 1. The predicted octanol–water partition coefficient (Wildman–Crippen LogP) is 5.86. The van der Waals surface area contributed by atoms with Crippen LogP contribution in [0.4, 0.5) is 0 Å². The highest BCUT2D eigenvalue weighted by molar-refractivity contribution is 6.32. The number of halogens is 1. The van der Waals surface area contributed by atoms with Crippen LogP contribution >= 0.6 is 11.6 Å². The SMILES string of the molecule is Cc1ccc(Oc2nc3cc(C#Cc4ccc(C(O)C5CC5)cc4)c(Cl)cc3[nH]2)cc1C(=O)O. The molecule has 7 heteroatoms. The number of carboxylic acid groups (broad SMARTS) is 1. The number of hydrogen-bond acceptors (Lipinski definition) is 4. The molecular formula is C27H21ClN2O4. The Balaban J connectivity index is 1.37. The summed E-state index contributed by atoms with van der Waals surface area (Å²) in [5.41, 5.74) is 4.48. The largest absolute Gasteiger partial charge is 0.478 e. The maximum atomic E-state index is 11.4. The molecule has 0 saturated heterocycles. The number of aromatic carboxylic acids is 1. The Morgan fingerprint density at radius 3 is 2.62 bits per heavy atom. The number of aliphatic hydroxyl groups excluding tert-OH is 1. The quantitative estimate of drug-likeness (QED) is 0.316. The zero-order valence-electron chi connectivity index (χ0n) is 18.3. The number of aromatic nitrogens is 2. The molecule has 0 amide bonds. The van der Waals surface area contributed by atoms with Crippen LogP contribution in [0.1, 0.15) is 51.6 Å². The molecule has 3 N–H and O–H groups in total. The minimum absolute atomic E-state index is 0.171. The van der Waals surface area contributed by atoms with E-state index in [1.54, 1.807) is 31.2 Å². The lowest BCUT2D eigenvalue weighted by atomic mass is 10.0. The zero-order valence-corrected chi connectivity index (χ0v) is 19.1. The van der Waals surface area contributed by atoms with Gasteiger partial charge in [0.15, 0.2) is 0 Å². The first-order valence-electron chi connectivity index (χ1n) is 10.9. The minimum atomic E-state index is -1.02. The number of rotatable bonds is 5. The average molecular weight is 473 g/mol. The molecule has 1 atom stereocenters. The van der Waals surface area contributed by atoms with Gasteiger partial charge in [-0.3, -0.25) is 0 Å². The summed E-state index contributed by atoms with van der Waals surface area (Å²) in [7, 11) is 0. The maximum Gasteiger partial charge on any atom is 0.336 e. The molecule has 1 aliphatic rings. The summed E-state index contributed by atoms with van der Waals surface area (Å²) in [6, 6.07) is 16.2. The number of benzene rings is 3. The van der Waals surface area contributed by atoms with Gasteiger partial charge in [-0.25, -0.2) is 4.79 Å². The minimum Gasteiger partial charge on any atom is -0.478 e. The van der Waals surface area contributed by atoms with Gasteiger partial charge in [0, 0.05) is 11.1 Å². The number of nitrogens with zero attached hydrogens (tertiary/aromatic N) is 1. The van der Waals surface area contributed by atoms with Crippen molar-refractivity contribution < 1.29 is 19.7 Å². The van der Waals surface area contributed by atoms with E-state index < -0.39 is 12.1 Å². The Morgan fingerprint density at radius 2 is 1.91 bits per heavy atom. The Bertz CT molecular complexity index is 1460. The van der Waals surface area contributed by atoms with Crippen molar-refractivity contribution in [3.63, 3.8) is 0 Å². The van der Waals surface area contributed by atoms with Crippen LogP contribution in [0.15, 0.2) is 54.6 Å². The molecule has 6 nitrogen and oxygen atoms in total. The van der Waals surface area contributed by atoms with E-state index in [2.05, 4.69) is 21.8 Å². The fourth-order valence-electron chi connectivity index (χ4n) is 3.75. The summed E-state index contributed by atoms with van der Waals surface area (Å²) >= 11 is 6.43. The highest BCUT2D eigenvalue weighted by Crippen LogP contribution is 2.40. The van der Waals surface area contributed by atoms with Crippen molar-refractivity contribution in [2.24, 2.45) is 5.92 Å². The summed E-state index contributed by atoms with van der Waals surface area (Å²) in [5, 5.41) is 20.0. The predicted molar refractivity (Wildman–Crippen MR) is 129 cm³/mol. The summed E-state index contributed by atoms with van der Waals surface area (Å²) in [6.07, 6.45) is 1.77. The maximum absolute atomic E-state index is 11.4. The number of nitrogens with one attached hydrogen (secondary N) is 1. The van der Waals surface area contributed by atoms with Crippen LogP contribution in [-0.2, 0) is 0 Å². The second-order valence-corrected chi connectivity index (χ2v) is 8.84. The Morgan fingerprint density at radius 1 is 1.15 bits per heavy atom. The standard InChI is InChI=1S/C27H21ClN2O4/c1-15-2-11-20(13-21(15)26(32)33)34-27-29-23-12-19(22(28)14-24(23)30-27)8-5-16-3-6-17(7-4-16)25(31)18-9-10-18/h2-4,6-7,11-14,18,25,31H,9-10H2,1H3,(H,29,30)(H,32,33). The fourth-order valence-corrected chi connectivity index (χ4v) is 3.96. The van der Waals surface area contributed by atoms with E-state index in [1.807, 2.05) is 24.3 Å². The number of ether oxygens (including phenoxy) is 1. The van der Waals surface area contributed by atoms with Gasteiger partial charge in [-0.05, 0) is 73.2 Å². The molecule has 0 radical (unpaired) electrons. The number of H-pyrrole nitrogens is 1. The lowest BCUT2D eigenvalue weighted by molar-refractivity contribution is 0.0695. The van der Waals surface area contributed by atoms with E-state index in [0.29, 0.717) is 38.9 Å². The van der Waals surface area contributed by atoms with Crippen LogP contribution < -0.4 is 4.74 Å². The third-order valence-corrected chi connectivity index (χ3v) is 6.18. The molecule has 1 aromatic heterocycles. The van der Waals surface area contributed by atoms with Crippen LogP contribution in [0, 0.1) is 24.7 Å². The smallest absolute Gasteiger partial charge is 0.336 e. The highest BCUT2D eigenvalue weighted by atomic mass is 35.5. The Hall–Kier alpha value is -3.79. The van der Waals surface area contributed by atoms with Crippen molar-refractivity contribution in [2.45, 2.75) is 25.9 Å². The number of carboxylic acids is 1. The van der Waals surface area contributed by atoms with E-state index in [4.69, 9.17) is 16.3 Å². The van der Waals surface area contributed by atoms with Gasteiger partial charge in [0.25, 0.3) is 6.01 Å². The van der Waals surface area contributed by atoms with Crippen molar-refractivity contribution >= 4 is 28.6 Å². The van der Waals surface area contributed by atoms with Gasteiger partial charge >= 0.3 is 5.97 Å². The molecule has 0 aliphatic heterocycles. The average Bonchev–Trinajstić information content (AvgIpc) is 3.60. The molecule has 1 aliphatic carbocycles. The van der Waals surface area contributed by atoms with Gasteiger partial charge in [0.05, 0.1) is 27.7 Å². The summed E-state index contributed by atoms with van der Waals surface area (Å²) < 4.78 is 5.74. The summed E-state index contributed by atoms with van der Waals surface area (Å²) in [4.78, 5) is 18.8. The van der Waals surface area contributed by atoms with E-state index in [0.717, 1.165) is 24.0 Å². The molecule has 34 heavy (non-hydrogen) atoms. The van der Waals surface area contributed by atoms with Crippen molar-refractivity contribution in [2.75, 3.05) is 0 Å². The number of carbonyl (C=O) groups is 1. The molecule has 5 rings (SSSR count). The number of hydrogen-bond donors (Lipinski definition) is 3. The normalized spacial score (nSPS) is 13.9. The molecule has 0 spiro atoms. The third-order valence-electron chi connectivity index (χ3n) is 5.87. The molecule has 1 unspecified atom stereocenters. The third kappa shape index (κ3) is 4.62. The van der Waals surface area contributed by atoms with E-state index >= 15 is 0 Å². The second-order valence-electron chi connectivity index (χ2n) is 8.43. The van der Waals surface area contributed by atoms with Crippen LogP contribution in [0.5, 0.6) is 11.8 Å². The van der Waals surface area contributed by atoms with Crippen LogP contribution in [0.2, 0.25) is 5.02 Å². The molecule has 1 saturated carbocycles. The number of aromatic amines is 1. The van der Waals surface area contributed by atoms with Gasteiger partial charge in [0.1, 0.15) is 5.75 Å². The summed E-state index contributed by atoms with van der Waals surface area (Å²) in [6.45, 7) is 1.73. The van der Waals surface area contributed by atoms with Crippen LogP contribution in [-0.4, -0.2) is 26.2 Å². The molecule has 3 aromatic carbocycles. The lowest BCUT2D eigenvalue weighted by Gasteiger charge is -2.08. The van der Waals surface area contributed by atoms with Crippen molar-refractivity contribution in [3.05, 3.63) is 87.4 Å². The first-order valence-corrected chi connectivity index (χ1v) is 11.3. The van der Waals surface area contributed by atoms with E-state index in [-0.39, 0.29) is 11.6 Å². The molecule has 4 aromatic rings. The number of imidazole rings is 1. The molecule has 1 fully saturated rings. The monoisotopic (exact) mass is 472 g/mol. The fraction of sp³-hybridized carbons (Fsp3) is 0.185. The van der Waals surface area contributed by atoms with Crippen LogP contribution in [0.25, 0.3) is 11.0 Å². The van der Waals surface area contributed by atoms with Crippen molar-refractivity contribution in [1.29, 1.82) is 0 Å².